The van der Waals surface area contributed by atoms with Crippen molar-refractivity contribution in [1.29, 1.82) is 0 Å². The maximum atomic E-state index is 6.02. The predicted octanol–water partition coefficient (Wildman–Crippen LogP) is 2.61. The van der Waals surface area contributed by atoms with Crippen LogP contribution in [0.1, 0.15) is 37.7 Å². The third-order valence-electron chi connectivity index (χ3n) is 4.55. The first-order chi connectivity index (χ1) is 9.11. The monoisotopic (exact) mass is 262 g/mol. The van der Waals surface area contributed by atoms with Gasteiger partial charge in [0.25, 0.3) is 0 Å². The lowest BCUT2D eigenvalue weighted by Gasteiger charge is -2.35. The number of rotatable bonds is 5. The summed E-state index contributed by atoms with van der Waals surface area (Å²) in [5.74, 6) is 1.58. The molecule has 0 aliphatic heterocycles. The van der Waals surface area contributed by atoms with Gasteiger partial charge in [0.1, 0.15) is 5.75 Å². The highest BCUT2D eigenvalue weighted by atomic mass is 16.5. The fourth-order valence-electron chi connectivity index (χ4n) is 3.19. The summed E-state index contributed by atoms with van der Waals surface area (Å²) >= 11 is 0. The number of benzene rings is 1. The molecule has 1 saturated carbocycles. The topological polar surface area (TPSA) is 38.5 Å². The number of likely N-dealkylation sites (N-methyl/N-ethyl adjacent to an activating group) is 1. The van der Waals surface area contributed by atoms with E-state index in [2.05, 4.69) is 37.2 Å². The van der Waals surface area contributed by atoms with Gasteiger partial charge in [-0.15, -0.1) is 0 Å². The largest absolute Gasteiger partial charge is 0.494 e. The van der Waals surface area contributed by atoms with Gasteiger partial charge in [0.15, 0.2) is 0 Å². The highest BCUT2D eigenvalue weighted by Gasteiger charge is 2.40. The van der Waals surface area contributed by atoms with Crippen molar-refractivity contribution in [2.24, 2.45) is 5.73 Å². The molecule has 0 bridgehead atoms. The van der Waals surface area contributed by atoms with Crippen molar-refractivity contribution in [2.45, 2.75) is 37.6 Å². The van der Waals surface area contributed by atoms with Crippen molar-refractivity contribution in [3.05, 3.63) is 29.8 Å². The van der Waals surface area contributed by atoms with E-state index in [0.29, 0.717) is 5.92 Å². The smallest absolute Gasteiger partial charge is 0.119 e. The Balaban J connectivity index is 2.14. The molecule has 2 N–H and O–H groups in total. The molecule has 1 aromatic carbocycles. The molecule has 1 aromatic rings. The zero-order chi connectivity index (χ0) is 13.9. The van der Waals surface area contributed by atoms with E-state index in [1.54, 1.807) is 0 Å². The van der Waals surface area contributed by atoms with Crippen LogP contribution in [0.4, 0.5) is 0 Å². The Morgan fingerprint density at radius 3 is 2.79 bits per heavy atom. The number of ether oxygens (including phenoxy) is 1. The molecule has 2 rings (SSSR count). The molecule has 1 aliphatic carbocycles. The van der Waals surface area contributed by atoms with Gasteiger partial charge in [0.2, 0.25) is 0 Å². The lowest BCUT2D eigenvalue weighted by atomic mass is 9.91. The van der Waals surface area contributed by atoms with Crippen LogP contribution in [0, 0.1) is 0 Å². The highest BCUT2D eigenvalue weighted by molar-refractivity contribution is 5.32. The molecule has 0 spiro atoms. The van der Waals surface area contributed by atoms with Gasteiger partial charge in [-0.3, -0.25) is 0 Å². The Bertz CT molecular complexity index is 419. The minimum atomic E-state index is 0.173. The summed E-state index contributed by atoms with van der Waals surface area (Å²) < 4.78 is 5.60. The van der Waals surface area contributed by atoms with Crippen LogP contribution in [0.25, 0.3) is 0 Å². The molecule has 0 amide bonds. The fourth-order valence-corrected chi connectivity index (χ4v) is 3.19. The van der Waals surface area contributed by atoms with Crippen LogP contribution >= 0.6 is 0 Å². The molecule has 0 aromatic heterocycles. The summed E-state index contributed by atoms with van der Waals surface area (Å²) in [6, 6.07) is 8.54. The Hall–Kier alpha value is -1.06. The lowest BCUT2D eigenvalue weighted by molar-refractivity contribution is 0.165. The van der Waals surface area contributed by atoms with Gasteiger partial charge in [0, 0.05) is 12.1 Å². The average molecular weight is 262 g/mol. The Kier molecular flexibility index (Phi) is 4.48. The molecule has 0 heterocycles. The van der Waals surface area contributed by atoms with Crippen molar-refractivity contribution in [3.8, 4) is 5.75 Å². The molecule has 0 saturated heterocycles. The van der Waals surface area contributed by atoms with Crippen molar-refractivity contribution < 1.29 is 4.74 Å². The zero-order valence-electron chi connectivity index (χ0n) is 12.4. The molecule has 0 radical (unpaired) electrons. The number of hydrogen-bond acceptors (Lipinski definition) is 3. The second-order valence-electron chi connectivity index (χ2n) is 5.77. The SMILES string of the molecule is CCOc1cccc(C2CCC(CN)(N(C)C)C2)c1. The molecule has 3 nitrogen and oxygen atoms in total. The van der Waals surface area contributed by atoms with Crippen LogP contribution in [0.5, 0.6) is 5.75 Å². The van der Waals surface area contributed by atoms with E-state index in [-0.39, 0.29) is 5.54 Å². The molecule has 2 atom stereocenters. The third-order valence-corrected chi connectivity index (χ3v) is 4.55. The first-order valence-electron chi connectivity index (χ1n) is 7.21. The zero-order valence-corrected chi connectivity index (χ0v) is 12.4. The van der Waals surface area contributed by atoms with Crippen LogP contribution in [-0.4, -0.2) is 37.7 Å². The lowest BCUT2D eigenvalue weighted by Crippen LogP contribution is -2.48. The number of nitrogens with zero attached hydrogens (tertiary/aromatic N) is 1. The van der Waals surface area contributed by atoms with Crippen LogP contribution in [0.2, 0.25) is 0 Å². The summed E-state index contributed by atoms with van der Waals surface area (Å²) in [5, 5.41) is 0. The van der Waals surface area contributed by atoms with Gasteiger partial charge in [-0.05, 0) is 63.9 Å². The van der Waals surface area contributed by atoms with Crippen LogP contribution in [0.15, 0.2) is 24.3 Å². The normalized spacial score (nSPS) is 26.9. The van der Waals surface area contributed by atoms with Crippen molar-refractivity contribution in [2.75, 3.05) is 27.2 Å². The quantitative estimate of drug-likeness (QED) is 0.886. The summed E-state index contributed by atoms with van der Waals surface area (Å²) in [6.45, 7) is 3.48. The van der Waals surface area contributed by atoms with Gasteiger partial charge in [-0.2, -0.15) is 0 Å². The Morgan fingerprint density at radius 2 is 2.21 bits per heavy atom. The molecular weight excluding hydrogens is 236 g/mol. The van der Waals surface area contributed by atoms with Crippen molar-refractivity contribution in [3.63, 3.8) is 0 Å². The van der Waals surface area contributed by atoms with Gasteiger partial charge in [0.05, 0.1) is 6.61 Å². The minimum absolute atomic E-state index is 0.173. The second-order valence-corrected chi connectivity index (χ2v) is 5.77. The van der Waals surface area contributed by atoms with E-state index in [9.17, 15) is 0 Å². The summed E-state index contributed by atoms with van der Waals surface area (Å²) in [6.07, 6.45) is 3.54. The standard InChI is InChI=1S/C16H26N2O/c1-4-19-15-7-5-6-13(10-15)14-8-9-16(11-14,12-17)18(2)3/h5-7,10,14H,4,8-9,11-12,17H2,1-3H3. The van der Waals surface area contributed by atoms with E-state index in [0.717, 1.165) is 25.3 Å². The van der Waals surface area contributed by atoms with Crippen LogP contribution < -0.4 is 10.5 Å². The summed E-state index contributed by atoms with van der Waals surface area (Å²) in [5.41, 5.74) is 7.59. The summed E-state index contributed by atoms with van der Waals surface area (Å²) in [4.78, 5) is 2.30. The Labute approximate surface area is 116 Å². The maximum Gasteiger partial charge on any atom is 0.119 e. The highest BCUT2D eigenvalue weighted by Crippen LogP contribution is 2.43. The van der Waals surface area contributed by atoms with Gasteiger partial charge in [-0.25, -0.2) is 0 Å². The fraction of sp³-hybridized carbons (Fsp3) is 0.625. The third kappa shape index (κ3) is 2.93. The van der Waals surface area contributed by atoms with E-state index in [4.69, 9.17) is 10.5 Å². The van der Waals surface area contributed by atoms with Gasteiger partial charge >= 0.3 is 0 Å². The maximum absolute atomic E-state index is 6.02. The minimum Gasteiger partial charge on any atom is -0.494 e. The molecule has 106 valence electrons. The van der Waals surface area contributed by atoms with E-state index in [1.807, 2.05) is 13.0 Å². The first-order valence-corrected chi connectivity index (χ1v) is 7.21. The molecule has 3 heteroatoms. The second kappa shape index (κ2) is 5.93. The molecule has 1 aliphatic rings. The van der Waals surface area contributed by atoms with Crippen LogP contribution in [0.3, 0.4) is 0 Å². The van der Waals surface area contributed by atoms with Crippen molar-refractivity contribution >= 4 is 0 Å². The van der Waals surface area contributed by atoms with E-state index >= 15 is 0 Å². The van der Waals surface area contributed by atoms with E-state index < -0.39 is 0 Å². The first kappa shape index (κ1) is 14.4. The molecule has 2 unspecified atom stereocenters. The molecule has 1 fully saturated rings. The van der Waals surface area contributed by atoms with E-state index in [1.165, 1.54) is 18.4 Å². The van der Waals surface area contributed by atoms with Crippen LogP contribution in [-0.2, 0) is 0 Å². The van der Waals surface area contributed by atoms with Gasteiger partial charge in [-0.1, -0.05) is 12.1 Å². The molecule has 19 heavy (non-hydrogen) atoms. The number of hydrogen-bond donors (Lipinski definition) is 1. The average Bonchev–Trinajstić information content (AvgIpc) is 2.85. The predicted molar refractivity (Wildman–Crippen MR) is 79.7 cm³/mol. The molecular formula is C16H26N2O. The van der Waals surface area contributed by atoms with Crippen molar-refractivity contribution in [1.82, 2.24) is 4.90 Å². The Morgan fingerprint density at radius 1 is 1.42 bits per heavy atom. The summed E-state index contributed by atoms with van der Waals surface area (Å²) in [7, 11) is 4.29. The van der Waals surface area contributed by atoms with Gasteiger partial charge < -0.3 is 15.4 Å². The number of nitrogens with two attached hydrogens (primary N) is 1.